The van der Waals surface area contributed by atoms with Gasteiger partial charge in [0.1, 0.15) is 17.6 Å². The minimum absolute atomic E-state index is 0.0799. The van der Waals surface area contributed by atoms with Gasteiger partial charge in [0.2, 0.25) is 0 Å². The Morgan fingerprint density at radius 1 is 1.17 bits per heavy atom. The van der Waals surface area contributed by atoms with Crippen molar-refractivity contribution in [3.05, 3.63) is 12.2 Å². The second-order valence-electron chi connectivity index (χ2n) is 8.82. The topological polar surface area (TPSA) is 72.8 Å². The van der Waals surface area contributed by atoms with Gasteiger partial charge in [-0.2, -0.15) is 0 Å². The van der Waals surface area contributed by atoms with Crippen molar-refractivity contribution in [2.24, 2.45) is 28.1 Å². The third kappa shape index (κ3) is 1.26. The number of carbonyl (C=O) groups excluding carboxylic acids is 2. The largest absolute Gasteiger partial charge is 0.461 e. The Labute approximate surface area is 142 Å². The molecule has 0 aromatic rings. The molecule has 24 heavy (non-hydrogen) atoms. The van der Waals surface area contributed by atoms with Gasteiger partial charge in [-0.25, -0.2) is 0 Å². The van der Waals surface area contributed by atoms with Crippen LogP contribution in [0.2, 0.25) is 0 Å². The second kappa shape index (κ2) is 4.06. The standard InChI is InChI=1S/C19H26O5/c1-9(2)13-10(3)23-14(20)16(13,5)19(22)8-12-7-18(12)15(21)24-11(4)17(18,19)6/h10-13,22H,1,7-8H2,2-6H3/t10?,11?,12-,13?,16?,17?,18-,19?/m1/s1. The van der Waals surface area contributed by atoms with Gasteiger partial charge in [0.05, 0.1) is 16.4 Å². The van der Waals surface area contributed by atoms with Crippen molar-refractivity contribution >= 4 is 11.9 Å². The number of carbonyl (C=O) groups is 2. The van der Waals surface area contributed by atoms with Crippen LogP contribution in [0, 0.1) is 28.1 Å². The smallest absolute Gasteiger partial charge is 0.315 e. The average Bonchev–Trinajstić information content (AvgIpc) is 3.01. The fourth-order valence-electron chi connectivity index (χ4n) is 6.72. The normalized spacial score (nSPS) is 58.1. The van der Waals surface area contributed by atoms with Crippen molar-refractivity contribution in [2.75, 3.05) is 0 Å². The van der Waals surface area contributed by atoms with Crippen LogP contribution in [0.3, 0.4) is 0 Å². The molecule has 2 saturated heterocycles. The van der Waals surface area contributed by atoms with E-state index in [1.54, 1.807) is 6.92 Å². The van der Waals surface area contributed by atoms with E-state index in [0.717, 1.165) is 12.0 Å². The summed E-state index contributed by atoms with van der Waals surface area (Å²) >= 11 is 0. The predicted molar refractivity (Wildman–Crippen MR) is 85.7 cm³/mol. The minimum Gasteiger partial charge on any atom is -0.461 e. The Kier molecular flexibility index (Phi) is 2.73. The molecule has 0 aromatic carbocycles. The molecule has 2 saturated carbocycles. The van der Waals surface area contributed by atoms with Crippen molar-refractivity contribution in [3.63, 3.8) is 0 Å². The number of rotatable bonds is 2. The first-order chi connectivity index (χ1) is 11.0. The number of ether oxygens (including phenoxy) is 2. The molecule has 2 aliphatic heterocycles. The number of cyclic esters (lactones) is 2. The maximum absolute atomic E-state index is 12.9. The van der Waals surface area contributed by atoms with Gasteiger partial charge < -0.3 is 14.6 Å². The first-order valence-corrected chi connectivity index (χ1v) is 8.78. The molecule has 0 aromatic heterocycles. The van der Waals surface area contributed by atoms with Crippen LogP contribution >= 0.6 is 0 Å². The van der Waals surface area contributed by atoms with E-state index >= 15 is 0 Å². The van der Waals surface area contributed by atoms with Gasteiger partial charge in [-0.3, -0.25) is 9.59 Å². The van der Waals surface area contributed by atoms with Crippen LogP contribution in [-0.2, 0) is 19.1 Å². The highest BCUT2D eigenvalue weighted by Gasteiger charge is 2.90. The lowest BCUT2D eigenvalue weighted by Gasteiger charge is -2.52. The Balaban J connectivity index is 1.91. The van der Waals surface area contributed by atoms with Crippen LogP contribution in [0.25, 0.3) is 0 Å². The van der Waals surface area contributed by atoms with Gasteiger partial charge in [-0.05, 0) is 46.5 Å². The van der Waals surface area contributed by atoms with Crippen LogP contribution in [0.5, 0.6) is 0 Å². The highest BCUT2D eigenvalue weighted by atomic mass is 16.6. The van der Waals surface area contributed by atoms with Crippen LogP contribution in [-0.4, -0.2) is 34.9 Å². The summed E-state index contributed by atoms with van der Waals surface area (Å²) in [6.45, 7) is 13.3. The molecule has 6 unspecified atom stereocenters. The molecule has 0 amide bonds. The number of aliphatic hydroxyl groups is 1. The zero-order valence-electron chi connectivity index (χ0n) is 15.0. The molecule has 4 aliphatic rings. The summed E-state index contributed by atoms with van der Waals surface area (Å²) in [6.07, 6.45) is 0.404. The third-order valence-electron chi connectivity index (χ3n) is 8.09. The summed E-state index contributed by atoms with van der Waals surface area (Å²) in [4.78, 5) is 25.4. The van der Waals surface area contributed by atoms with E-state index in [2.05, 4.69) is 6.58 Å². The van der Waals surface area contributed by atoms with E-state index in [4.69, 9.17) is 9.47 Å². The van der Waals surface area contributed by atoms with E-state index < -0.39 is 33.9 Å². The van der Waals surface area contributed by atoms with E-state index in [0.29, 0.717) is 6.42 Å². The van der Waals surface area contributed by atoms with Crippen molar-refractivity contribution in [1.29, 1.82) is 0 Å². The van der Waals surface area contributed by atoms with E-state index in [1.807, 2.05) is 27.7 Å². The van der Waals surface area contributed by atoms with Gasteiger partial charge in [-0.15, -0.1) is 0 Å². The third-order valence-corrected chi connectivity index (χ3v) is 8.09. The molecule has 8 atom stereocenters. The Hall–Kier alpha value is -1.36. The first-order valence-electron chi connectivity index (χ1n) is 8.78. The second-order valence-corrected chi connectivity index (χ2v) is 8.82. The lowest BCUT2D eigenvalue weighted by molar-refractivity contribution is -0.196. The van der Waals surface area contributed by atoms with Crippen LogP contribution in [0.4, 0.5) is 0 Å². The Bertz CT molecular complexity index is 685. The summed E-state index contributed by atoms with van der Waals surface area (Å²) in [6, 6.07) is 0. The molecule has 0 radical (unpaired) electrons. The van der Waals surface area contributed by atoms with Gasteiger partial charge in [-0.1, -0.05) is 19.1 Å². The van der Waals surface area contributed by atoms with Gasteiger partial charge in [0.25, 0.3) is 0 Å². The van der Waals surface area contributed by atoms with Crippen molar-refractivity contribution in [1.82, 2.24) is 0 Å². The van der Waals surface area contributed by atoms with Crippen LogP contribution < -0.4 is 0 Å². The van der Waals surface area contributed by atoms with Crippen molar-refractivity contribution in [2.45, 2.75) is 65.3 Å². The summed E-state index contributed by atoms with van der Waals surface area (Å²) in [5, 5.41) is 12.0. The zero-order chi connectivity index (χ0) is 17.9. The fraction of sp³-hybridized carbons (Fsp3) is 0.789. The molecule has 1 N–H and O–H groups in total. The molecule has 4 fully saturated rings. The highest BCUT2D eigenvalue weighted by molar-refractivity contribution is 5.88. The highest BCUT2D eigenvalue weighted by Crippen LogP contribution is 2.83. The van der Waals surface area contributed by atoms with Crippen LogP contribution in [0.1, 0.15) is 47.5 Å². The number of hydrogen-bond acceptors (Lipinski definition) is 5. The molecule has 2 aliphatic carbocycles. The molecular formula is C19H26O5. The summed E-state index contributed by atoms with van der Waals surface area (Å²) in [7, 11) is 0. The number of hydrogen-bond donors (Lipinski definition) is 1. The Morgan fingerprint density at radius 3 is 2.38 bits per heavy atom. The minimum atomic E-state index is -1.36. The van der Waals surface area contributed by atoms with E-state index in [9.17, 15) is 14.7 Å². The van der Waals surface area contributed by atoms with Crippen molar-refractivity contribution in [3.8, 4) is 0 Å². The lowest BCUT2D eigenvalue weighted by atomic mass is 9.51. The SMILES string of the molecule is C=C(C)C1C(C)OC(=O)C1(C)C1(O)C[C@H]2C[C@]23C(=O)OC(C)C13C. The van der Waals surface area contributed by atoms with Gasteiger partial charge in [0, 0.05) is 5.92 Å². The molecule has 5 heteroatoms. The van der Waals surface area contributed by atoms with E-state index in [-0.39, 0.29) is 23.9 Å². The molecule has 5 nitrogen and oxygen atoms in total. The monoisotopic (exact) mass is 334 g/mol. The Morgan fingerprint density at radius 2 is 1.79 bits per heavy atom. The zero-order valence-corrected chi connectivity index (χ0v) is 15.0. The fourth-order valence-corrected chi connectivity index (χ4v) is 6.72. The maximum atomic E-state index is 12.9. The molecule has 1 spiro atoms. The summed E-state index contributed by atoms with van der Waals surface area (Å²) < 4.78 is 11.1. The summed E-state index contributed by atoms with van der Waals surface area (Å²) in [5.74, 6) is -0.816. The molecule has 0 bridgehead atoms. The first kappa shape index (κ1) is 16.1. The lowest BCUT2D eigenvalue weighted by Crippen LogP contribution is -2.64. The predicted octanol–water partition coefficient (Wildman–Crippen LogP) is 2.22. The number of esters is 2. The molecule has 2 heterocycles. The average molecular weight is 334 g/mol. The van der Waals surface area contributed by atoms with Gasteiger partial charge in [0.15, 0.2) is 0 Å². The maximum Gasteiger partial charge on any atom is 0.315 e. The summed E-state index contributed by atoms with van der Waals surface area (Å²) in [5.41, 5.74) is -3.11. The quantitative estimate of drug-likeness (QED) is 0.619. The molecule has 132 valence electrons. The van der Waals surface area contributed by atoms with Gasteiger partial charge >= 0.3 is 11.9 Å². The molecule has 4 rings (SSSR count). The van der Waals surface area contributed by atoms with Crippen LogP contribution in [0.15, 0.2) is 12.2 Å². The van der Waals surface area contributed by atoms with E-state index in [1.165, 1.54) is 0 Å². The van der Waals surface area contributed by atoms with Crippen molar-refractivity contribution < 1.29 is 24.2 Å². The molecular weight excluding hydrogens is 308 g/mol.